The van der Waals surface area contributed by atoms with E-state index in [1.165, 1.54) is 0 Å². The van der Waals surface area contributed by atoms with Crippen LogP contribution < -0.4 is 9.47 Å². The molecule has 0 aliphatic rings. The number of esters is 2. The lowest BCUT2D eigenvalue weighted by Gasteiger charge is -2.19. The van der Waals surface area contributed by atoms with Gasteiger partial charge in [0, 0.05) is 12.2 Å². The number of rotatable bonds is 12. The minimum atomic E-state index is -0.583. The smallest absolute Gasteiger partial charge is 0.330 e. The van der Waals surface area contributed by atoms with E-state index in [1.807, 2.05) is 97.1 Å². The van der Waals surface area contributed by atoms with Crippen molar-refractivity contribution in [3.05, 3.63) is 133 Å². The fourth-order valence-corrected chi connectivity index (χ4v) is 3.83. The lowest BCUT2D eigenvalue weighted by molar-refractivity contribution is -0.145. The van der Waals surface area contributed by atoms with Gasteiger partial charge in [0.2, 0.25) is 0 Å². The highest BCUT2D eigenvalue weighted by atomic mass is 16.6. The van der Waals surface area contributed by atoms with E-state index in [0.29, 0.717) is 11.5 Å². The first kappa shape index (κ1) is 26.2. The van der Waals surface area contributed by atoms with Crippen molar-refractivity contribution in [1.29, 1.82) is 0 Å². The molecule has 2 atom stereocenters. The lowest BCUT2D eigenvalue weighted by atomic mass is 10.1. The highest BCUT2D eigenvalue weighted by Gasteiger charge is 2.18. The van der Waals surface area contributed by atoms with Gasteiger partial charge in [0.15, 0.2) is 12.2 Å². The van der Waals surface area contributed by atoms with E-state index in [0.717, 1.165) is 34.1 Å². The summed E-state index contributed by atoms with van der Waals surface area (Å²) in [6.07, 6.45) is 1.10. The van der Waals surface area contributed by atoms with Gasteiger partial charge in [-0.1, -0.05) is 86.0 Å². The standard InChI is InChI=1S/C32H28O6/c1-3-31(33)37-29(24-11-7-5-8-12-24)21-35-27-17-15-23-16-18-28(20-26(23)19-27)36-22-30(38-32(34)4-2)25-13-9-6-10-14-25/h3-20,29-30H,1-2,21-22H2. The molecule has 4 aromatic carbocycles. The van der Waals surface area contributed by atoms with Crippen LogP contribution in [0.25, 0.3) is 10.8 Å². The molecule has 4 rings (SSSR count). The molecule has 0 spiro atoms. The quantitative estimate of drug-likeness (QED) is 0.160. The fourth-order valence-electron chi connectivity index (χ4n) is 3.83. The van der Waals surface area contributed by atoms with Crippen LogP contribution in [0, 0.1) is 0 Å². The molecule has 0 saturated carbocycles. The molecule has 0 aromatic heterocycles. The first-order chi connectivity index (χ1) is 18.6. The summed E-state index contributed by atoms with van der Waals surface area (Å²) in [6.45, 7) is 7.22. The molecule has 6 nitrogen and oxygen atoms in total. The number of hydrogen-bond donors (Lipinski definition) is 0. The van der Waals surface area contributed by atoms with Crippen molar-refractivity contribution in [2.45, 2.75) is 12.2 Å². The Bertz CT molecular complexity index is 1290. The highest BCUT2D eigenvalue weighted by Crippen LogP contribution is 2.28. The molecule has 0 aliphatic heterocycles. The van der Waals surface area contributed by atoms with Crippen LogP contribution in [0.1, 0.15) is 23.3 Å². The van der Waals surface area contributed by atoms with Crippen molar-refractivity contribution >= 4 is 22.7 Å². The summed E-state index contributed by atoms with van der Waals surface area (Å²) in [6, 6.07) is 30.2. The van der Waals surface area contributed by atoms with E-state index in [9.17, 15) is 9.59 Å². The second-order valence-corrected chi connectivity index (χ2v) is 8.37. The van der Waals surface area contributed by atoms with Crippen LogP contribution in [0.2, 0.25) is 0 Å². The number of benzene rings is 4. The SMILES string of the molecule is C=CC(=O)OC(COc1ccc2ccc(OCC(OC(=O)C=C)c3ccccc3)cc2c1)c1ccccc1. The second kappa shape index (κ2) is 12.9. The summed E-state index contributed by atoms with van der Waals surface area (Å²) < 4.78 is 23.0. The van der Waals surface area contributed by atoms with Crippen LogP contribution in [0.15, 0.2) is 122 Å². The van der Waals surface area contributed by atoms with Crippen LogP contribution in [0.3, 0.4) is 0 Å². The van der Waals surface area contributed by atoms with Crippen LogP contribution >= 0.6 is 0 Å². The monoisotopic (exact) mass is 508 g/mol. The van der Waals surface area contributed by atoms with Gasteiger partial charge in [-0.15, -0.1) is 0 Å². The number of ether oxygens (including phenoxy) is 4. The summed E-state index contributed by atoms with van der Waals surface area (Å²) in [5, 5.41) is 1.90. The number of hydrogen-bond acceptors (Lipinski definition) is 6. The Labute approximate surface area is 221 Å². The van der Waals surface area contributed by atoms with Gasteiger partial charge in [-0.05, 0) is 46.2 Å². The largest absolute Gasteiger partial charge is 0.489 e. The predicted octanol–water partition coefficient (Wildman–Crippen LogP) is 6.54. The molecular weight excluding hydrogens is 480 g/mol. The van der Waals surface area contributed by atoms with E-state index in [-0.39, 0.29) is 13.2 Å². The zero-order valence-corrected chi connectivity index (χ0v) is 20.8. The molecule has 0 fully saturated rings. The van der Waals surface area contributed by atoms with E-state index >= 15 is 0 Å². The Morgan fingerprint density at radius 1 is 0.605 bits per heavy atom. The maximum absolute atomic E-state index is 11.9. The third-order valence-corrected chi connectivity index (χ3v) is 5.78. The molecule has 2 unspecified atom stereocenters. The Balaban J connectivity index is 1.47. The number of carbonyl (C=O) groups excluding carboxylic acids is 2. The normalized spacial score (nSPS) is 12.1. The maximum Gasteiger partial charge on any atom is 0.330 e. The molecule has 4 aromatic rings. The molecule has 0 radical (unpaired) electrons. The minimum Gasteiger partial charge on any atom is -0.489 e. The average Bonchev–Trinajstić information content (AvgIpc) is 2.97. The zero-order chi connectivity index (χ0) is 26.7. The van der Waals surface area contributed by atoms with Crippen molar-refractivity contribution in [2.75, 3.05) is 13.2 Å². The number of carbonyl (C=O) groups is 2. The van der Waals surface area contributed by atoms with Gasteiger partial charge < -0.3 is 18.9 Å². The molecule has 38 heavy (non-hydrogen) atoms. The van der Waals surface area contributed by atoms with E-state index < -0.39 is 24.1 Å². The second-order valence-electron chi connectivity index (χ2n) is 8.37. The summed E-state index contributed by atoms with van der Waals surface area (Å²) in [5.74, 6) is 0.199. The highest BCUT2D eigenvalue weighted by molar-refractivity contribution is 5.85. The average molecular weight is 509 g/mol. The predicted molar refractivity (Wildman–Crippen MR) is 146 cm³/mol. The van der Waals surface area contributed by atoms with Gasteiger partial charge in [0.25, 0.3) is 0 Å². The molecule has 0 N–H and O–H groups in total. The van der Waals surface area contributed by atoms with Crippen molar-refractivity contribution in [3.8, 4) is 11.5 Å². The molecule has 0 bridgehead atoms. The molecular formula is C32H28O6. The van der Waals surface area contributed by atoms with Gasteiger partial charge in [-0.25, -0.2) is 9.59 Å². The van der Waals surface area contributed by atoms with Gasteiger partial charge in [0.1, 0.15) is 24.7 Å². The fraction of sp³-hybridized carbons (Fsp3) is 0.125. The number of fused-ring (bicyclic) bond motifs is 1. The van der Waals surface area contributed by atoms with Gasteiger partial charge in [0.05, 0.1) is 0 Å². The summed E-state index contributed by atoms with van der Waals surface area (Å²) in [4.78, 5) is 23.7. The van der Waals surface area contributed by atoms with E-state index in [4.69, 9.17) is 18.9 Å². The molecule has 192 valence electrons. The van der Waals surface area contributed by atoms with Gasteiger partial charge in [-0.3, -0.25) is 0 Å². The van der Waals surface area contributed by atoms with Gasteiger partial charge in [-0.2, -0.15) is 0 Å². The third-order valence-electron chi connectivity index (χ3n) is 5.78. The van der Waals surface area contributed by atoms with Crippen LogP contribution in [-0.2, 0) is 19.1 Å². The minimum absolute atomic E-state index is 0.138. The first-order valence-electron chi connectivity index (χ1n) is 12.1. The third kappa shape index (κ3) is 7.11. The Morgan fingerprint density at radius 3 is 1.42 bits per heavy atom. The lowest BCUT2D eigenvalue weighted by Crippen LogP contribution is -2.17. The maximum atomic E-state index is 11.9. The van der Waals surface area contributed by atoms with E-state index in [2.05, 4.69) is 13.2 Å². The Kier molecular flexibility index (Phi) is 8.92. The van der Waals surface area contributed by atoms with Gasteiger partial charge >= 0.3 is 11.9 Å². The molecule has 0 heterocycles. The van der Waals surface area contributed by atoms with Crippen molar-refractivity contribution < 1.29 is 28.5 Å². The topological polar surface area (TPSA) is 71.1 Å². The van der Waals surface area contributed by atoms with Crippen molar-refractivity contribution in [3.63, 3.8) is 0 Å². The Hall–Kier alpha value is -4.84. The van der Waals surface area contributed by atoms with Crippen LogP contribution in [-0.4, -0.2) is 25.2 Å². The summed E-state index contributed by atoms with van der Waals surface area (Å²) in [7, 11) is 0. The summed E-state index contributed by atoms with van der Waals surface area (Å²) in [5.41, 5.74) is 1.65. The molecule has 0 saturated heterocycles. The Morgan fingerprint density at radius 2 is 1.03 bits per heavy atom. The van der Waals surface area contributed by atoms with Crippen LogP contribution in [0.5, 0.6) is 11.5 Å². The first-order valence-corrected chi connectivity index (χ1v) is 12.1. The van der Waals surface area contributed by atoms with Crippen molar-refractivity contribution in [2.24, 2.45) is 0 Å². The summed E-state index contributed by atoms with van der Waals surface area (Å²) >= 11 is 0. The molecule has 6 heteroatoms. The zero-order valence-electron chi connectivity index (χ0n) is 20.8. The van der Waals surface area contributed by atoms with E-state index in [1.54, 1.807) is 0 Å². The van der Waals surface area contributed by atoms with Crippen molar-refractivity contribution in [1.82, 2.24) is 0 Å². The molecule has 0 amide bonds. The van der Waals surface area contributed by atoms with Crippen LogP contribution in [0.4, 0.5) is 0 Å². The molecule has 0 aliphatic carbocycles.